The summed E-state index contributed by atoms with van der Waals surface area (Å²) in [5, 5.41) is 13.8. The zero-order valence-corrected chi connectivity index (χ0v) is 17.8. The van der Waals surface area contributed by atoms with Gasteiger partial charge in [-0.15, -0.1) is 0 Å². The van der Waals surface area contributed by atoms with E-state index in [4.69, 9.17) is 4.42 Å². The summed E-state index contributed by atoms with van der Waals surface area (Å²) >= 11 is 0. The molecule has 9 nitrogen and oxygen atoms in total. The lowest BCUT2D eigenvalue weighted by Gasteiger charge is -2.23. The fourth-order valence-electron chi connectivity index (χ4n) is 3.24. The van der Waals surface area contributed by atoms with Crippen LogP contribution >= 0.6 is 0 Å². The van der Waals surface area contributed by atoms with Gasteiger partial charge >= 0.3 is 6.03 Å². The van der Waals surface area contributed by atoms with Gasteiger partial charge in [-0.25, -0.2) is 9.80 Å². The van der Waals surface area contributed by atoms with E-state index < -0.39 is 0 Å². The first-order chi connectivity index (χ1) is 16.1. The molecule has 4 rings (SSSR count). The minimum atomic E-state index is -0.372. The minimum absolute atomic E-state index is 0.115. The van der Waals surface area contributed by atoms with Crippen LogP contribution in [-0.2, 0) is 22.7 Å². The Morgan fingerprint density at radius 2 is 1.64 bits per heavy atom. The summed E-state index contributed by atoms with van der Waals surface area (Å²) in [6, 6.07) is 19.3. The van der Waals surface area contributed by atoms with E-state index in [9.17, 15) is 14.4 Å². The van der Waals surface area contributed by atoms with Crippen LogP contribution in [0.2, 0.25) is 0 Å². The van der Waals surface area contributed by atoms with Gasteiger partial charge in [-0.1, -0.05) is 30.3 Å². The van der Waals surface area contributed by atoms with Gasteiger partial charge in [-0.3, -0.25) is 9.59 Å². The average molecular weight is 445 g/mol. The van der Waals surface area contributed by atoms with Gasteiger partial charge in [-0.05, 0) is 42.0 Å². The number of carbonyl (C=O) groups is 3. The van der Waals surface area contributed by atoms with E-state index in [-0.39, 0.29) is 37.2 Å². The highest BCUT2D eigenvalue weighted by atomic mass is 16.3. The molecule has 0 radical (unpaired) electrons. The first-order valence-corrected chi connectivity index (χ1v) is 10.5. The molecule has 3 aromatic rings. The maximum Gasteiger partial charge on any atom is 0.319 e. The number of amides is 4. The third-order valence-electron chi connectivity index (χ3n) is 4.95. The van der Waals surface area contributed by atoms with Crippen molar-refractivity contribution in [3.8, 4) is 0 Å². The van der Waals surface area contributed by atoms with Gasteiger partial charge < -0.3 is 20.4 Å². The largest absolute Gasteiger partial charge is 0.467 e. The molecule has 3 N–H and O–H groups in total. The number of hydrogen-bond donors (Lipinski definition) is 3. The number of urea groups is 1. The monoisotopic (exact) mass is 445 g/mol. The molecule has 0 saturated heterocycles. The molecule has 1 aromatic heterocycles. The molecule has 0 aliphatic carbocycles. The molecule has 9 heteroatoms. The lowest BCUT2D eigenvalue weighted by Crippen LogP contribution is -2.36. The second kappa shape index (κ2) is 10.3. The molecule has 4 amide bonds. The SMILES string of the molecule is O=C(NCc1ccco1)Nc1ccc(NC(=O)C2=NN(Cc3ccccc3)C(=O)CC2)cc1. The van der Waals surface area contributed by atoms with Crippen LogP contribution < -0.4 is 16.0 Å². The highest BCUT2D eigenvalue weighted by Gasteiger charge is 2.24. The summed E-state index contributed by atoms with van der Waals surface area (Å²) in [5.41, 5.74) is 2.35. The van der Waals surface area contributed by atoms with Gasteiger partial charge in [0.1, 0.15) is 11.5 Å². The van der Waals surface area contributed by atoms with E-state index in [2.05, 4.69) is 21.1 Å². The fraction of sp³-hybridized carbons (Fsp3) is 0.167. The second-order valence-electron chi connectivity index (χ2n) is 7.40. The van der Waals surface area contributed by atoms with Gasteiger partial charge in [-0.2, -0.15) is 5.10 Å². The smallest absolute Gasteiger partial charge is 0.319 e. The predicted octanol–water partition coefficient (Wildman–Crippen LogP) is 3.72. The van der Waals surface area contributed by atoms with Crippen LogP contribution in [0.15, 0.2) is 82.5 Å². The Kier molecular flexibility index (Phi) is 6.79. The van der Waals surface area contributed by atoms with E-state index in [1.165, 1.54) is 5.01 Å². The van der Waals surface area contributed by atoms with Crippen molar-refractivity contribution < 1.29 is 18.8 Å². The van der Waals surface area contributed by atoms with Crippen molar-refractivity contribution >= 4 is 34.9 Å². The lowest BCUT2D eigenvalue weighted by molar-refractivity contribution is -0.132. The van der Waals surface area contributed by atoms with E-state index in [1.54, 1.807) is 42.7 Å². The second-order valence-corrected chi connectivity index (χ2v) is 7.40. The number of rotatable bonds is 7. The number of nitrogens with one attached hydrogen (secondary N) is 3. The fourth-order valence-corrected chi connectivity index (χ4v) is 3.24. The Balaban J connectivity index is 1.31. The normalized spacial score (nSPS) is 13.3. The molecule has 2 aromatic carbocycles. The molecule has 0 bridgehead atoms. The molecule has 2 heterocycles. The number of hydrazone groups is 1. The number of nitrogens with zero attached hydrogens (tertiary/aromatic N) is 2. The van der Waals surface area contributed by atoms with Crippen LogP contribution in [0.25, 0.3) is 0 Å². The molecule has 0 unspecified atom stereocenters. The average Bonchev–Trinajstić information content (AvgIpc) is 3.35. The molecule has 0 saturated carbocycles. The molecular formula is C24H23N5O4. The Labute approximate surface area is 190 Å². The molecule has 0 spiro atoms. The summed E-state index contributed by atoms with van der Waals surface area (Å²) < 4.78 is 5.16. The number of hydrogen-bond acceptors (Lipinski definition) is 5. The van der Waals surface area contributed by atoms with Crippen LogP contribution in [0.3, 0.4) is 0 Å². The number of anilines is 2. The quantitative estimate of drug-likeness (QED) is 0.514. The topological polar surface area (TPSA) is 116 Å². The van der Waals surface area contributed by atoms with Gasteiger partial charge in [0.2, 0.25) is 5.91 Å². The molecular weight excluding hydrogens is 422 g/mol. The van der Waals surface area contributed by atoms with Gasteiger partial charge in [0, 0.05) is 24.2 Å². The Morgan fingerprint density at radius 3 is 2.33 bits per heavy atom. The van der Waals surface area contributed by atoms with E-state index in [0.717, 1.165) is 5.56 Å². The molecule has 1 aliphatic rings. The van der Waals surface area contributed by atoms with Crippen molar-refractivity contribution in [1.29, 1.82) is 0 Å². The van der Waals surface area contributed by atoms with Crippen molar-refractivity contribution in [1.82, 2.24) is 10.3 Å². The maximum atomic E-state index is 12.7. The third-order valence-corrected chi connectivity index (χ3v) is 4.95. The predicted molar refractivity (Wildman–Crippen MR) is 123 cm³/mol. The Hall–Kier alpha value is -4.40. The van der Waals surface area contributed by atoms with Gasteiger partial charge in [0.15, 0.2) is 0 Å². The summed E-state index contributed by atoms with van der Waals surface area (Å²) in [4.78, 5) is 36.9. The summed E-state index contributed by atoms with van der Waals surface area (Å²) in [6.45, 7) is 0.595. The van der Waals surface area contributed by atoms with E-state index >= 15 is 0 Å². The zero-order chi connectivity index (χ0) is 23.0. The maximum absolute atomic E-state index is 12.7. The minimum Gasteiger partial charge on any atom is -0.467 e. The van der Waals surface area contributed by atoms with Crippen molar-refractivity contribution in [3.05, 3.63) is 84.3 Å². The van der Waals surface area contributed by atoms with Crippen molar-refractivity contribution in [3.63, 3.8) is 0 Å². The number of benzene rings is 2. The van der Waals surface area contributed by atoms with Crippen LogP contribution in [0.1, 0.15) is 24.2 Å². The summed E-state index contributed by atoms with van der Waals surface area (Å²) in [5.74, 6) is 0.173. The molecule has 0 fully saturated rings. The highest BCUT2D eigenvalue weighted by Crippen LogP contribution is 2.17. The van der Waals surface area contributed by atoms with Crippen LogP contribution in [0.4, 0.5) is 16.2 Å². The van der Waals surface area contributed by atoms with Crippen LogP contribution in [0, 0.1) is 0 Å². The van der Waals surface area contributed by atoms with E-state index in [0.29, 0.717) is 29.4 Å². The van der Waals surface area contributed by atoms with Crippen molar-refractivity contribution in [2.45, 2.75) is 25.9 Å². The van der Waals surface area contributed by atoms with E-state index in [1.807, 2.05) is 30.3 Å². The standard InChI is InChI=1S/C24H23N5O4/c30-22-13-12-21(28-29(22)16-17-5-2-1-3-6-17)23(31)26-18-8-10-19(11-9-18)27-24(32)25-15-20-7-4-14-33-20/h1-11,14H,12-13,15-16H2,(H,26,31)(H2,25,27,32). The summed E-state index contributed by atoms with van der Waals surface area (Å²) in [6.07, 6.45) is 2.06. The third kappa shape index (κ3) is 6.07. The van der Waals surface area contributed by atoms with Crippen molar-refractivity contribution in [2.75, 3.05) is 10.6 Å². The molecule has 33 heavy (non-hydrogen) atoms. The highest BCUT2D eigenvalue weighted by molar-refractivity contribution is 6.43. The van der Waals surface area contributed by atoms with Crippen LogP contribution in [0.5, 0.6) is 0 Å². The number of carbonyl (C=O) groups excluding carboxylic acids is 3. The molecule has 168 valence electrons. The first-order valence-electron chi connectivity index (χ1n) is 10.5. The lowest BCUT2D eigenvalue weighted by atomic mass is 10.1. The van der Waals surface area contributed by atoms with Crippen LogP contribution in [-0.4, -0.2) is 28.6 Å². The first kappa shape index (κ1) is 21.8. The van der Waals surface area contributed by atoms with Gasteiger partial charge in [0.25, 0.3) is 5.91 Å². The Morgan fingerprint density at radius 1 is 0.909 bits per heavy atom. The molecule has 1 aliphatic heterocycles. The van der Waals surface area contributed by atoms with Crippen molar-refractivity contribution in [2.24, 2.45) is 5.10 Å². The molecule has 0 atom stereocenters. The zero-order valence-electron chi connectivity index (χ0n) is 17.8. The Bertz CT molecular complexity index is 1140. The van der Waals surface area contributed by atoms with Gasteiger partial charge in [0.05, 0.1) is 19.4 Å². The number of furan rings is 1. The summed E-state index contributed by atoms with van der Waals surface area (Å²) in [7, 11) is 0.